The van der Waals surface area contributed by atoms with Gasteiger partial charge in [-0.3, -0.25) is 14.2 Å². The first-order valence-electron chi connectivity index (χ1n) is 12.9. The number of anilines is 2. The molecule has 0 aromatic heterocycles. The standard InChI is InChI=1S/C31H33N3O5S2/c1-20-9-13-25(14-10-20)40(36,37)33-29-8-6-5-7-27(29)30(23(4)35)28-18-21(2)17-22(3)31(28)34-41(38,39)26-15-11-24(19-32)12-16-26/h5-18,30,33-34H,19,32H2,1-4H3. The molecule has 4 aromatic rings. The average molecular weight is 592 g/mol. The van der Waals surface area contributed by atoms with Crippen molar-refractivity contribution in [2.75, 3.05) is 9.44 Å². The second-order valence-corrected chi connectivity index (χ2v) is 13.4. The van der Waals surface area contributed by atoms with Crippen molar-refractivity contribution in [3.63, 3.8) is 0 Å². The molecule has 8 nitrogen and oxygen atoms in total. The van der Waals surface area contributed by atoms with Crippen LogP contribution in [0.2, 0.25) is 0 Å². The molecule has 0 amide bonds. The zero-order valence-corrected chi connectivity index (χ0v) is 24.9. The number of carbonyl (C=O) groups excluding carboxylic acids is 1. The summed E-state index contributed by atoms with van der Waals surface area (Å²) in [5.74, 6) is -1.26. The highest BCUT2D eigenvalue weighted by atomic mass is 32.2. The average Bonchev–Trinajstić information content (AvgIpc) is 2.91. The lowest BCUT2D eigenvalue weighted by molar-refractivity contribution is -0.117. The Morgan fingerprint density at radius 3 is 1.88 bits per heavy atom. The molecule has 0 spiro atoms. The molecule has 4 rings (SSSR count). The molecule has 0 radical (unpaired) electrons. The number of ketones is 1. The lowest BCUT2D eigenvalue weighted by Crippen LogP contribution is -2.21. The number of carbonyl (C=O) groups is 1. The summed E-state index contributed by atoms with van der Waals surface area (Å²) in [4.78, 5) is 13.4. The monoisotopic (exact) mass is 591 g/mol. The van der Waals surface area contributed by atoms with E-state index in [1.165, 1.54) is 31.2 Å². The summed E-state index contributed by atoms with van der Waals surface area (Å²) in [6, 6.07) is 22.9. The summed E-state index contributed by atoms with van der Waals surface area (Å²) in [6.45, 7) is 7.15. The van der Waals surface area contributed by atoms with E-state index in [1.54, 1.807) is 61.5 Å². The van der Waals surface area contributed by atoms with Gasteiger partial charge in [0.25, 0.3) is 20.0 Å². The van der Waals surface area contributed by atoms with Crippen molar-refractivity contribution < 1.29 is 21.6 Å². The number of benzene rings is 4. The van der Waals surface area contributed by atoms with Gasteiger partial charge in [0.15, 0.2) is 0 Å². The molecule has 41 heavy (non-hydrogen) atoms. The van der Waals surface area contributed by atoms with Gasteiger partial charge in [-0.1, -0.05) is 65.7 Å². The van der Waals surface area contributed by atoms with Crippen LogP contribution in [0.15, 0.2) is 94.7 Å². The van der Waals surface area contributed by atoms with Crippen molar-refractivity contribution in [3.05, 3.63) is 118 Å². The fraction of sp³-hybridized carbons (Fsp3) is 0.194. The number of rotatable bonds is 10. The van der Waals surface area contributed by atoms with Gasteiger partial charge in [-0.15, -0.1) is 0 Å². The van der Waals surface area contributed by atoms with Gasteiger partial charge in [0, 0.05) is 6.54 Å². The normalized spacial score (nSPS) is 12.5. The fourth-order valence-corrected chi connectivity index (χ4v) is 6.98. The summed E-state index contributed by atoms with van der Waals surface area (Å²) >= 11 is 0. The number of hydrogen-bond donors (Lipinski definition) is 3. The highest BCUT2D eigenvalue weighted by Gasteiger charge is 2.29. The Morgan fingerprint density at radius 2 is 1.29 bits per heavy atom. The van der Waals surface area contributed by atoms with E-state index >= 15 is 0 Å². The van der Waals surface area contributed by atoms with Gasteiger partial charge in [-0.25, -0.2) is 16.8 Å². The minimum atomic E-state index is -4.03. The maximum Gasteiger partial charge on any atom is 0.261 e. The topological polar surface area (TPSA) is 135 Å². The molecule has 4 N–H and O–H groups in total. The molecule has 0 fully saturated rings. The lowest BCUT2D eigenvalue weighted by atomic mass is 9.84. The lowest BCUT2D eigenvalue weighted by Gasteiger charge is -2.24. The smallest absolute Gasteiger partial charge is 0.261 e. The maximum atomic E-state index is 13.4. The second kappa shape index (κ2) is 11.9. The van der Waals surface area contributed by atoms with Gasteiger partial charge < -0.3 is 5.73 Å². The van der Waals surface area contributed by atoms with Crippen LogP contribution in [0.4, 0.5) is 11.4 Å². The summed E-state index contributed by atoms with van der Waals surface area (Å²) in [7, 11) is -8.00. The summed E-state index contributed by atoms with van der Waals surface area (Å²) in [5, 5.41) is 0. The second-order valence-electron chi connectivity index (χ2n) is 10.0. The molecule has 0 bridgehead atoms. The van der Waals surface area contributed by atoms with E-state index in [0.717, 1.165) is 16.7 Å². The first-order chi connectivity index (χ1) is 19.3. The van der Waals surface area contributed by atoms with Crippen molar-refractivity contribution in [2.24, 2.45) is 5.73 Å². The number of hydrogen-bond acceptors (Lipinski definition) is 6. The maximum absolute atomic E-state index is 13.4. The Balaban J connectivity index is 1.82. The molecule has 0 saturated heterocycles. The predicted octanol–water partition coefficient (Wildman–Crippen LogP) is 5.39. The number of nitrogens with two attached hydrogens (primary N) is 1. The highest BCUT2D eigenvalue weighted by Crippen LogP contribution is 2.39. The number of Topliss-reactive ketones (excluding diaryl/α,β-unsaturated/α-hetero) is 1. The van der Waals surface area contributed by atoms with E-state index < -0.39 is 26.0 Å². The van der Waals surface area contributed by atoms with E-state index in [9.17, 15) is 21.6 Å². The summed E-state index contributed by atoms with van der Waals surface area (Å²) in [5.41, 5.74) is 10.1. The molecule has 214 valence electrons. The van der Waals surface area contributed by atoms with E-state index in [4.69, 9.17) is 5.73 Å². The molecule has 0 heterocycles. The molecule has 0 aliphatic carbocycles. The van der Waals surface area contributed by atoms with Crippen LogP contribution in [0.25, 0.3) is 0 Å². The van der Waals surface area contributed by atoms with Crippen molar-refractivity contribution in [1.82, 2.24) is 0 Å². The summed E-state index contributed by atoms with van der Waals surface area (Å²) in [6.07, 6.45) is 0. The molecular weight excluding hydrogens is 558 g/mol. The zero-order valence-electron chi connectivity index (χ0n) is 23.3. The third-order valence-electron chi connectivity index (χ3n) is 6.78. The van der Waals surface area contributed by atoms with Crippen molar-refractivity contribution in [1.29, 1.82) is 0 Å². The number of sulfonamides is 2. The van der Waals surface area contributed by atoms with Gasteiger partial charge in [0.1, 0.15) is 5.78 Å². The molecule has 0 aliphatic rings. The molecule has 1 atom stereocenters. The van der Waals surface area contributed by atoms with E-state index in [-0.39, 0.29) is 33.5 Å². The van der Waals surface area contributed by atoms with Crippen molar-refractivity contribution in [3.8, 4) is 0 Å². The molecule has 10 heteroatoms. The van der Waals surface area contributed by atoms with Gasteiger partial charge >= 0.3 is 0 Å². The third kappa shape index (κ3) is 6.67. The van der Waals surface area contributed by atoms with Gasteiger partial charge in [0.05, 0.1) is 27.1 Å². The van der Waals surface area contributed by atoms with Crippen molar-refractivity contribution in [2.45, 2.75) is 49.9 Å². The Morgan fingerprint density at radius 1 is 0.732 bits per heavy atom. The Labute approximate surface area is 241 Å². The molecule has 1 unspecified atom stereocenters. The van der Waals surface area contributed by atoms with Gasteiger partial charge in [0.2, 0.25) is 0 Å². The Kier molecular flexibility index (Phi) is 8.67. The minimum absolute atomic E-state index is 0.0475. The highest BCUT2D eigenvalue weighted by molar-refractivity contribution is 7.93. The molecule has 0 saturated carbocycles. The van der Waals surface area contributed by atoms with E-state index in [1.807, 2.05) is 19.9 Å². The molecular formula is C31H33N3O5S2. The van der Waals surface area contributed by atoms with E-state index in [0.29, 0.717) is 16.7 Å². The zero-order chi connectivity index (χ0) is 29.9. The predicted molar refractivity (Wildman–Crippen MR) is 162 cm³/mol. The minimum Gasteiger partial charge on any atom is -0.326 e. The third-order valence-corrected chi connectivity index (χ3v) is 9.53. The van der Waals surface area contributed by atoms with Crippen LogP contribution in [-0.2, 0) is 31.4 Å². The van der Waals surface area contributed by atoms with Crippen LogP contribution in [0.5, 0.6) is 0 Å². The first-order valence-corrected chi connectivity index (χ1v) is 15.9. The molecule has 4 aromatic carbocycles. The van der Waals surface area contributed by atoms with Gasteiger partial charge in [-0.05, 0) is 80.3 Å². The van der Waals surface area contributed by atoms with Crippen LogP contribution < -0.4 is 15.2 Å². The van der Waals surface area contributed by atoms with Crippen LogP contribution >= 0.6 is 0 Å². The fourth-order valence-electron chi connectivity index (χ4n) is 4.73. The van der Waals surface area contributed by atoms with Crippen molar-refractivity contribution >= 4 is 37.2 Å². The van der Waals surface area contributed by atoms with Crippen LogP contribution in [0, 0.1) is 20.8 Å². The number of nitrogens with one attached hydrogen (secondary N) is 2. The largest absolute Gasteiger partial charge is 0.326 e. The van der Waals surface area contributed by atoms with Gasteiger partial charge in [-0.2, -0.15) is 0 Å². The SMILES string of the molecule is CC(=O)C(c1ccccc1NS(=O)(=O)c1ccc(C)cc1)c1cc(C)cc(C)c1NS(=O)(=O)c1ccc(CN)cc1. The number of para-hydroxylation sites is 1. The van der Waals surface area contributed by atoms with E-state index in [2.05, 4.69) is 9.44 Å². The molecule has 0 aliphatic heterocycles. The van der Waals surface area contributed by atoms with Crippen LogP contribution in [-0.4, -0.2) is 22.6 Å². The Bertz CT molecular complexity index is 1800. The first kappa shape index (κ1) is 30.0. The quantitative estimate of drug-likeness (QED) is 0.226. The summed E-state index contributed by atoms with van der Waals surface area (Å²) < 4.78 is 58.7. The van der Waals surface area contributed by atoms with Crippen LogP contribution in [0.3, 0.4) is 0 Å². The van der Waals surface area contributed by atoms with Crippen LogP contribution in [0.1, 0.15) is 46.2 Å². The number of aryl methyl sites for hydroxylation is 3. The Hall–Kier alpha value is -3.99.